The molecule has 0 aliphatic heterocycles. The monoisotopic (exact) mass is 371 g/mol. The second-order valence-electron chi connectivity index (χ2n) is 5.91. The van der Waals surface area contributed by atoms with Crippen LogP contribution in [0.4, 0.5) is 5.69 Å². The number of ether oxygens (including phenoxy) is 1. The molecular weight excluding hydrogens is 354 g/mol. The molecule has 0 radical (unpaired) electrons. The lowest BCUT2D eigenvalue weighted by Crippen LogP contribution is -2.16. The van der Waals surface area contributed by atoms with Crippen molar-refractivity contribution in [2.24, 2.45) is 0 Å². The second kappa shape index (κ2) is 7.62. The molecule has 5 nitrogen and oxygen atoms in total. The van der Waals surface area contributed by atoms with E-state index < -0.39 is 5.63 Å². The first-order valence-corrected chi connectivity index (χ1v) is 8.51. The fraction of sp³-hybridized carbons (Fsp3) is 0.200. The Morgan fingerprint density at radius 2 is 2.04 bits per heavy atom. The Hall–Kier alpha value is -2.79. The highest BCUT2D eigenvalue weighted by Crippen LogP contribution is 2.24. The van der Waals surface area contributed by atoms with E-state index in [4.69, 9.17) is 20.8 Å². The maximum atomic E-state index is 12.3. The number of carbonyl (C=O) groups excluding carboxylic acids is 1. The summed E-state index contributed by atoms with van der Waals surface area (Å²) in [5.41, 5.74) is 1.98. The van der Waals surface area contributed by atoms with Crippen molar-refractivity contribution >= 4 is 34.2 Å². The Morgan fingerprint density at radius 1 is 1.23 bits per heavy atom. The normalized spacial score (nSPS) is 10.7. The zero-order valence-electron chi connectivity index (χ0n) is 14.5. The van der Waals surface area contributed by atoms with E-state index in [0.717, 1.165) is 10.9 Å². The maximum absolute atomic E-state index is 12.3. The van der Waals surface area contributed by atoms with Gasteiger partial charge in [0.05, 0.1) is 7.11 Å². The van der Waals surface area contributed by atoms with Crippen LogP contribution in [0.2, 0.25) is 5.02 Å². The van der Waals surface area contributed by atoms with Gasteiger partial charge in [-0.1, -0.05) is 17.7 Å². The van der Waals surface area contributed by atoms with E-state index in [-0.39, 0.29) is 12.3 Å². The van der Waals surface area contributed by atoms with Crippen molar-refractivity contribution in [2.45, 2.75) is 19.8 Å². The van der Waals surface area contributed by atoms with E-state index in [1.54, 1.807) is 37.4 Å². The third kappa shape index (κ3) is 3.89. The summed E-state index contributed by atoms with van der Waals surface area (Å²) in [7, 11) is 1.55. The van der Waals surface area contributed by atoms with Gasteiger partial charge in [-0.05, 0) is 49.2 Å². The molecular formula is C20H18ClNO4. The van der Waals surface area contributed by atoms with Crippen LogP contribution in [0.5, 0.6) is 5.75 Å². The van der Waals surface area contributed by atoms with Gasteiger partial charge in [0.1, 0.15) is 11.3 Å². The predicted molar refractivity (Wildman–Crippen MR) is 102 cm³/mol. The van der Waals surface area contributed by atoms with Gasteiger partial charge in [-0.15, -0.1) is 0 Å². The molecule has 26 heavy (non-hydrogen) atoms. The molecule has 1 N–H and O–H groups in total. The molecule has 1 heterocycles. The molecule has 0 unspecified atom stereocenters. The minimum atomic E-state index is -0.432. The lowest BCUT2D eigenvalue weighted by atomic mass is 10.0. The van der Waals surface area contributed by atoms with Crippen molar-refractivity contribution in [1.29, 1.82) is 0 Å². The molecule has 134 valence electrons. The summed E-state index contributed by atoms with van der Waals surface area (Å²) in [6.07, 6.45) is 0.461. The summed E-state index contributed by atoms with van der Waals surface area (Å²) in [5, 5.41) is 4.15. The van der Waals surface area contributed by atoms with E-state index in [1.165, 1.54) is 0 Å². The Bertz CT molecular complexity index is 1030. The van der Waals surface area contributed by atoms with Gasteiger partial charge in [0, 0.05) is 34.1 Å². The minimum Gasteiger partial charge on any atom is -0.497 e. The van der Waals surface area contributed by atoms with Crippen molar-refractivity contribution in [1.82, 2.24) is 0 Å². The fourth-order valence-corrected chi connectivity index (χ4v) is 3.01. The van der Waals surface area contributed by atoms with Crippen molar-refractivity contribution in [3.8, 4) is 5.75 Å². The largest absolute Gasteiger partial charge is 0.497 e. The first kappa shape index (κ1) is 18.0. The highest BCUT2D eigenvalue weighted by Gasteiger charge is 2.14. The average molecular weight is 372 g/mol. The summed E-state index contributed by atoms with van der Waals surface area (Å²) in [5.74, 6) is 0.426. The molecule has 2 aromatic carbocycles. The number of hydrogen-bond acceptors (Lipinski definition) is 4. The smallest absolute Gasteiger partial charge is 0.339 e. The number of rotatable bonds is 5. The highest BCUT2D eigenvalue weighted by molar-refractivity contribution is 6.30. The van der Waals surface area contributed by atoms with Gasteiger partial charge < -0.3 is 14.5 Å². The van der Waals surface area contributed by atoms with Crippen LogP contribution >= 0.6 is 11.6 Å². The number of benzene rings is 2. The predicted octanol–water partition coefficient (Wildman–Crippen LogP) is 4.33. The number of amides is 1. The molecule has 3 rings (SSSR count). The van der Waals surface area contributed by atoms with Gasteiger partial charge in [-0.2, -0.15) is 0 Å². The number of anilines is 1. The molecule has 1 amide bonds. The summed E-state index contributed by atoms with van der Waals surface area (Å²) in [6, 6.07) is 12.3. The van der Waals surface area contributed by atoms with E-state index in [1.807, 2.05) is 19.1 Å². The summed E-state index contributed by atoms with van der Waals surface area (Å²) in [4.78, 5) is 24.5. The van der Waals surface area contributed by atoms with Crippen LogP contribution < -0.4 is 15.7 Å². The van der Waals surface area contributed by atoms with Crippen LogP contribution in [0, 0.1) is 6.92 Å². The van der Waals surface area contributed by atoms with E-state index in [0.29, 0.717) is 34.0 Å². The number of carbonyl (C=O) groups is 1. The van der Waals surface area contributed by atoms with Gasteiger partial charge in [0.2, 0.25) is 5.91 Å². The number of fused-ring (bicyclic) bond motifs is 1. The van der Waals surface area contributed by atoms with Gasteiger partial charge in [0.25, 0.3) is 0 Å². The lowest BCUT2D eigenvalue weighted by Gasteiger charge is -2.09. The van der Waals surface area contributed by atoms with Gasteiger partial charge in [-0.3, -0.25) is 4.79 Å². The topological polar surface area (TPSA) is 68.5 Å². The molecule has 6 heteroatoms. The van der Waals surface area contributed by atoms with E-state index >= 15 is 0 Å². The van der Waals surface area contributed by atoms with Crippen molar-refractivity contribution in [3.05, 3.63) is 69.0 Å². The zero-order chi connectivity index (χ0) is 18.7. The first-order valence-electron chi connectivity index (χ1n) is 8.13. The number of aryl methyl sites for hydroxylation is 1. The minimum absolute atomic E-state index is 0.166. The van der Waals surface area contributed by atoms with Gasteiger partial charge in [-0.25, -0.2) is 4.79 Å². The van der Waals surface area contributed by atoms with Crippen LogP contribution in [0.25, 0.3) is 11.0 Å². The SMILES string of the molecule is COc1ccc2c(C)c(CCC(=O)Nc3cccc(Cl)c3)c(=O)oc2c1. The number of nitrogens with one attached hydrogen (secondary N) is 1. The Labute approximate surface area is 155 Å². The molecule has 1 aromatic heterocycles. The van der Waals surface area contributed by atoms with E-state index in [2.05, 4.69) is 5.32 Å². The van der Waals surface area contributed by atoms with Crippen molar-refractivity contribution in [2.75, 3.05) is 12.4 Å². The third-order valence-corrected chi connectivity index (χ3v) is 4.44. The van der Waals surface area contributed by atoms with E-state index in [9.17, 15) is 9.59 Å². The van der Waals surface area contributed by atoms with Crippen LogP contribution in [0.3, 0.4) is 0 Å². The van der Waals surface area contributed by atoms with Crippen molar-refractivity contribution in [3.63, 3.8) is 0 Å². The third-order valence-electron chi connectivity index (χ3n) is 4.20. The van der Waals surface area contributed by atoms with Crippen molar-refractivity contribution < 1.29 is 13.9 Å². The molecule has 0 aliphatic rings. The van der Waals surface area contributed by atoms with Gasteiger partial charge >= 0.3 is 5.63 Å². The molecule has 0 fully saturated rings. The van der Waals surface area contributed by atoms with Crippen LogP contribution in [0.15, 0.2) is 51.7 Å². The molecule has 0 saturated carbocycles. The van der Waals surface area contributed by atoms with Crippen LogP contribution in [-0.2, 0) is 11.2 Å². The maximum Gasteiger partial charge on any atom is 0.339 e. The Morgan fingerprint density at radius 3 is 2.77 bits per heavy atom. The zero-order valence-corrected chi connectivity index (χ0v) is 15.2. The van der Waals surface area contributed by atoms with Crippen LogP contribution in [0.1, 0.15) is 17.5 Å². The standard InChI is InChI=1S/C20H18ClNO4/c1-12-16-7-6-15(25-2)11-18(16)26-20(24)17(12)8-9-19(23)22-14-5-3-4-13(21)10-14/h3-7,10-11H,8-9H2,1-2H3,(H,22,23). The lowest BCUT2D eigenvalue weighted by molar-refractivity contribution is -0.116. The summed E-state index contributed by atoms with van der Waals surface area (Å²) in [6.45, 7) is 1.86. The highest BCUT2D eigenvalue weighted by atomic mass is 35.5. The second-order valence-corrected chi connectivity index (χ2v) is 6.35. The molecule has 0 saturated heterocycles. The number of halogens is 1. The molecule has 0 aliphatic carbocycles. The van der Waals surface area contributed by atoms with Gasteiger partial charge in [0.15, 0.2) is 0 Å². The number of methoxy groups -OCH3 is 1. The number of hydrogen-bond donors (Lipinski definition) is 1. The quantitative estimate of drug-likeness (QED) is 0.677. The fourth-order valence-electron chi connectivity index (χ4n) is 2.82. The molecule has 0 atom stereocenters. The summed E-state index contributed by atoms with van der Waals surface area (Å²) >= 11 is 5.91. The molecule has 3 aromatic rings. The first-order chi connectivity index (χ1) is 12.5. The Kier molecular flexibility index (Phi) is 5.28. The molecule has 0 spiro atoms. The molecule has 0 bridgehead atoms. The Balaban J connectivity index is 1.78. The average Bonchev–Trinajstić information content (AvgIpc) is 2.61. The summed E-state index contributed by atoms with van der Waals surface area (Å²) < 4.78 is 10.5. The van der Waals surface area contributed by atoms with Crippen LogP contribution in [-0.4, -0.2) is 13.0 Å².